The minimum atomic E-state index is 0.0544. The van der Waals surface area contributed by atoms with Gasteiger partial charge in [-0.2, -0.15) is 0 Å². The topological polar surface area (TPSA) is 55.9 Å². The van der Waals surface area contributed by atoms with Crippen molar-refractivity contribution >= 4 is 10.9 Å². The van der Waals surface area contributed by atoms with Crippen molar-refractivity contribution < 1.29 is 14.2 Å². The second-order valence-electron chi connectivity index (χ2n) is 7.06. The van der Waals surface area contributed by atoms with Gasteiger partial charge in [-0.3, -0.25) is 9.88 Å². The van der Waals surface area contributed by atoms with E-state index in [1.54, 1.807) is 21.3 Å². The third-order valence-corrected chi connectivity index (χ3v) is 5.50. The molecule has 3 aromatic rings. The lowest BCUT2D eigenvalue weighted by atomic mass is 9.93. The SMILES string of the molecule is COc1cc(C(c2ccnc3ccccc23)N2CCNCC2)cc(OC)c1OC. The fraction of sp³-hybridized carbons (Fsp3) is 0.348. The van der Waals surface area contributed by atoms with Gasteiger partial charge < -0.3 is 19.5 Å². The number of fused-ring (bicyclic) bond motifs is 1. The van der Waals surface area contributed by atoms with Crippen LogP contribution in [0.5, 0.6) is 17.2 Å². The lowest BCUT2D eigenvalue weighted by Gasteiger charge is -2.36. The van der Waals surface area contributed by atoms with Crippen molar-refractivity contribution in [1.29, 1.82) is 0 Å². The van der Waals surface area contributed by atoms with E-state index in [1.165, 1.54) is 5.56 Å². The zero-order chi connectivity index (χ0) is 20.2. The minimum absolute atomic E-state index is 0.0544. The molecule has 0 bridgehead atoms. The highest BCUT2D eigenvalue weighted by Gasteiger charge is 2.28. The van der Waals surface area contributed by atoms with Crippen LogP contribution in [0.2, 0.25) is 0 Å². The van der Waals surface area contributed by atoms with Crippen LogP contribution < -0.4 is 19.5 Å². The smallest absolute Gasteiger partial charge is 0.203 e. The van der Waals surface area contributed by atoms with Crippen molar-refractivity contribution in [2.45, 2.75) is 6.04 Å². The summed E-state index contributed by atoms with van der Waals surface area (Å²) in [6.45, 7) is 3.84. The highest BCUT2D eigenvalue weighted by atomic mass is 16.5. The first kappa shape index (κ1) is 19.5. The van der Waals surface area contributed by atoms with E-state index in [0.29, 0.717) is 17.2 Å². The fourth-order valence-electron chi connectivity index (χ4n) is 4.14. The fourth-order valence-corrected chi connectivity index (χ4v) is 4.14. The molecule has 1 atom stereocenters. The van der Waals surface area contributed by atoms with Gasteiger partial charge in [-0.15, -0.1) is 0 Å². The number of hydrogen-bond acceptors (Lipinski definition) is 6. The summed E-state index contributed by atoms with van der Waals surface area (Å²) in [7, 11) is 4.94. The van der Waals surface area contributed by atoms with E-state index in [0.717, 1.165) is 42.6 Å². The van der Waals surface area contributed by atoms with Gasteiger partial charge in [0.05, 0.1) is 32.9 Å². The highest BCUT2D eigenvalue weighted by Crippen LogP contribution is 2.43. The molecule has 1 saturated heterocycles. The Labute approximate surface area is 171 Å². The van der Waals surface area contributed by atoms with E-state index >= 15 is 0 Å². The van der Waals surface area contributed by atoms with Crippen molar-refractivity contribution in [3.8, 4) is 17.2 Å². The number of nitrogens with zero attached hydrogens (tertiary/aromatic N) is 2. The molecule has 1 aliphatic rings. The summed E-state index contributed by atoms with van der Waals surface area (Å²) in [6, 6.07) is 14.6. The zero-order valence-electron chi connectivity index (χ0n) is 17.1. The molecule has 0 amide bonds. The van der Waals surface area contributed by atoms with Gasteiger partial charge in [-0.25, -0.2) is 0 Å². The van der Waals surface area contributed by atoms with Crippen LogP contribution in [0.25, 0.3) is 10.9 Å². The Kier molecular flexibility index (Phi) is 5.83. The molecule has 1 unspecified atom stereocenters. The van der Waals surface area contributed by atoms with Gasteiger partial charge in [0.25, 0.3) is 0 Å². The number of nitrogens with one attached hydrogen (secondary N) is 1. The molecule has 1 aliphatic heterocycles. The van der Waals surface area contributed by atoms with Gasteiger partial charge in [-0.1, -0.05) is 18.2 Å². The highest BCUT2D eigenvalue weighted by molar-refractivity contribution is 5.83. The molecule has 4 rings (SSSR count). The third kappa shape index (κ3) is 3.73. The number of methoxy groups -OCH3 is 3. The predicted octanol–water partition coefficient (Wildman–Crippen LogP) is 3.26. The molecule has 0 saturated carbocycles. The number of hydrogen-bond donors (Lipinski definition) is 1. The Morgan fingerprint density at radius 2 is 1.62 bits per heavy atom. The van der Waals surface area contributed by atoms with Crippen LogP contribution >= 0.6 is 0 Å². The minimum Gasteiger partial charge on any atom is -0.493 e. The lowest BCUT2D eigenvalue weighted by Crippen LogP contribution is -2.45. The van der Waals surface area contributed by atoms with Crippen molar-refractivity contribution in [3.63, 3.8) is 0 Å². The molecule has 1 aromatic heterocycles. The summed E-state index contributed by atoms with van der Waals surface area (Å²) in [5.74, 6) is 1.94. The first-order valence-corrected chi connectivity index (χ1v) is 9.85. The molecule has 152 valence electrons. The molecule has 29 heavy (non-hydrogen) atoms. The molecule has 6 heteroatoms. The number of pyridine rings is 1. The summed E-state index contributed by atoms with van der Waals surface area (Å²) in [4.78, 5) is 7.06. The molecular formula is C23H27N3O3. The predicted molar refractivity (Wildman–Crippen MR) is 114 cm³/mol. The number of para-hydroxylation sites is 1. The number of rotatable bonds is 6. The molecule has 0 spiro atoms. The average molecular weight is 393 g/mol. The maximum atomic E-state index is 5.63. The lowest BCUT2D eigenvalue weighted by molar-refractivity contribution is 0.198. The Balaban J connectivity index is 1.92. The zero-order valence-corrected chi connectivity index (χ0v) is 17.1. The quantitative estimate of drug-likeness (QED) is 0.694. The normalized spacial score (nSPS) is 15.8. The van der Waals surface area contributed by atoms with Crippen LogP contribution in [0.3, 0.4) is 0 Å². The van der Waals surface area contributed by atoms with Crippen LogP contribution in [-0.2, 0) is 0 Å². The first-order valence-electron chi connectivity index (χ1n) is 9.85. The van der Waals surface area contributed by atoms with E-state index in [9.17, 15) is 0 Å². The molecule has 0 radical (unpaired) electrons. The van der Waals surface area contributed by atoms with Gasteiger partial charge >= 0.3 is 0 Å². The van der Waals surface area contributed by atoms with E-state index in [1.807, 2.05) is 12.3 Å². The number of benzene rings is 2. The second kappa shape index (κ2) is 8.68. The molecule has 6 nitrogen and oxygen atoms in total. The summed E-state index contributed by atoms with van der Waals surface area (Å²) < 4.78 is 16.8. The summed E-state index contributed by atoms with van der Waals surface area (Å²) in [5.41, 5.74) is 3.34. The van der Waals surface area contributed by atoms with Gasteiger partial charge in [0.1, 0.15) is 0 Å². The maximum Gasteiger partial charge on any atom is 0.203 e. The van der Waals surface area contributed by atoms with Crippen LogP contribution in [0.4, 0.5) is 0 Å². The van der Waals surface area contributed by atoms with Crippen molar-refractivity contribution in [2.24, 2.45) is 0 Å². The van der Waals surface area contributed by atoms with Crippen LogP contribution in [-0.4, -0.2) is 57.4 Å². The van der Waals surface area contributed by atoms with Crippen LogP contribution in [0.1, 0.15) is 17.2 Å². The summed E-state index contributed by atoms with van der Waals surface area (Å²) in [6.07, 6.45) is 1.89. The monoisotopic (exact) mass is 393 g/mol. The van der Waals surface area contributed by atoms with Gasteiger partial charge in [0.2, 0.25) is 5.75 Å². The number of piperazine rings is 1. The summed E-state index contributed by atoms with van der Waals surface area (Å²) >= 11 is 0. The van der Waals surface area contributed by atoms with Crippen molar-refractivity contribution in [1.82, 2.24) is 15.2 Å². The Bertz CT molecular complexity index is 956. The summed E-state index contributed by atoms with van der Waals surface area (Å²) in [5, 5.41) is 4.61. The molecular weight excluding hydrogens is 366 g/mol. The average Bonchev–Trinajstić information content (AvgIpc) is 2.79. The Morgan fingerprint density at radius 1 is 0.931 bits per heavy atom. The van der Waals surface area contributed by atoms with E-state index < -0.39 is 0 Å². The largest absolute Gasteiger partial charge is 0.493 e. The van der Waals surface area contributed by atoms with Crippen molar-refractivity contribution in [3.05, 3.63) is 59.8 Å². The number of aromatic nitrogens is 1. The van der Waals surface area contributed by atoms with E-state index in [4.69, 9.17) is 14.2 Å². The van der Waals surface area contributed by atoms with Gasteiger partial charge in [0, 0.05) is 37.8 Å². The maximum absolute atomic E-state index is 5.63. The molecule has 1 fully saturated rings. The standard InChI is InChI=1S/C23H27N3O3/c1-27-20-14-16(15-21(28-2)23(20)29-3)22(26-12-10-24-11-13-26)18-8-9-25-19-7-5-4-6-17(18)19/h4-9,14-15,22,24H,10-13H2,1-3H3. The van der Waals surface area contributed by atoms with E-state index in [2.05, 4.69) is 51.6 Å². The van der Waals surface area contributed by atoms with Gasteiger partial charge in [0.15, 0.2) is 11.5 Å². The Morgan fingerprint density at radius 3 is 2.28 bits per heavy atom. The second-order valence-corrected chi connectivity index (χ2v) is 7.06. The van der Waals surface area contributed by atoms with Gasteiger partial charge in [-0.05, 0) is 35.4 Å². The Hall–Kier alpha value is -2.83. The number of ether oxygens (including phenoxy) is 3. The molecule has 2 aromatic carbocycles. The van der Waals surface area contributed by atoms with E-state index in [-0.39, 0.29) is 6.04 Å². The molecule has 2 heterocycles. The third-order valence-electron chi connectivity index (χ3n) is 5.50. The first-order chi connectivity index (χ1) is 14.3. The van der Waals surface area contributed by atoms with Crippen LogP contribution in [0.15, 0.2) is 48.7 Å². The molecule has 1 N–H and O–H groups in total. The van der Waals surface area contributed by atoms with Crippen molar-refractivity contribution in [2.75, 3.05) is 47.5 Å². The van der Waals surface area contributed by atoms with Crippen LogP contribution in [0, 0.1) is 0 Å². The molecule has 0 aliphatic carbocycles.